The van der Waals surface area contributed by atoms with Gasteiger partial charge < -0.3 is 20.3 Å². The maximum absolute atomic E-state index is 9.55. The number of fused-ring (bicyclic) bond motifs is 2. The van der Waals surface area contributed by atoms with E-state index in [1.165, 1.54) is 22.3 Å². The van der Waals surface area contributed by atoms with E-state index in [9.17, 15) is 9.59 Å². The van der Waals surface area contributed by atoms with Gasteiger partial charge in [0.15, 0.2) is 0 Å². The van der Waals surface area contributed by atoms with Crippen molar-refractivity contribution in [3.8, 4) is 0 Å². The molecule has 6 nitrogen and oxygen atoms in total. The molecule has 0 radical (unpaired) electrons. The number of hydrogen-bond donors (Lipinski definition) is 3. The van der Waals surface area contributed by atoms with Crippen molar-refractivity contribution in [3.63, 3.8) is 0 Å². The molecule has 158 valence electrons. The summed E-state index contributed by atoms with van der Waals surface area (Å²) in [7, 11) is 0. The highest BCUT2D eigenvalue weighted by Gasteiger charge is 2.27. The van der Waals surface area contributed by atoms with Gasteiger partial charge in [0.05, 0.1) is 6.10 Å². The normalized spacial score (nSPS) is 16.7. The lowest BCUT2D eigenvalue weighted by molar-refractivity contribution is -0.134. The maximum Gasteiger partial charge on any atom is 0.328 e. The van der Waals surface area contributed by atoms with E-state index in [1.54, 1.807) is 0 Å². The molecule has 0 spiro atoms. The van der Waals surface area contributed by atoms with Gasteiger partial charge in [-0.3, -0.25) is 0 Å². The van der Waals surface area contributed by atoms with Crippen molar-refractivity contribution >= 4 is 11.9 Å². The Morgan fingerprint density at radius 3 is 1.77 bits per heavy atom. The number of nitrogens with one attached hydrogen (secondary N) is 1. The number of benzene rings is 2. The standard InChI is InChI=1S/C20H23NO.C4H4O4/c1-3-7-18-15(5-1)9-10-16-6-2-4-8-19(16)20(18)22-17-11-13-21-14-12-17;5-3(6)1-2-4(7)8/h1-8,17,20-21H,9-14H2;1-2H,(H,5,6)(H,7,8)/b;2-1-. The van der Waals surface area contributed by atoms with Crippen molar-refractivity contribution in [2.24, 2.45) is 0 Å². The van der Waals surface area contributed by atoms with E-state index in [4.69, 9.17) is 14.9 Å². The zero-order chi connectivity index (χ0) is 21.3. The second-order valence-corrected chi connectivity index (χ2v) is 7.37. The van der Waals surface area contributed by atoms with Crippen LogP contribution in [0.5, 0.6) is 0 Å². The van der Waals surface area contributed by atoms with E-state index in [2.05, 4.69) is 53.8 Å². The summed E-state index contributed by atoms with van der Waals surface area (Å²) in [6.45, 7) is 2.14. The summed E-state index contributed by atoms with van der Waals surface area (Å²) in [5.74, 6) is -2.51. The summed E-state index contributed by atoms with van der Waals surface area (Å²) in [6.07, 6.45) is 6.02. The van der Waals surface area contributed by atoms with Crippen LogP contribution in [0.3, 0.4) is 0 Å². The summed E-state index contributed by atoms with van der Waals surface area (Å²) >= 11 is 0. The molecule has 1 saturated heterocycles. The second-order valence-electron chi connectivity index (χ2n) is 7.37. The molecule has 4 rings (SSSR count). The predicted molar refractivity (Wildman–Crippen MR) is 114 cm³/mol. The Morgan fingerprint density at radius 1 is 0.833 bits per heavy atom. The Kier molecular flexibility index (Phi) is 7.76. The Morgan fingerprint density at radius 2 is 1.30 bits per heavy atom. The van der Waals surface area contributed by atoms with Gasteiger partial charge in [-0.05, 0) is 61.0 Å². The van der Waals surface area contributed by atoms with Gasteiger partial charge in [0.2, 0.25) is 0 Å². The third-order valence-electron chi connectivity index (χ3n) is 5.32. The van der Waals surface area contributed by atoms with Gasteiger partial charge in [0.25, 0.3) is 0 Å². The second kappa shape index (κ2) is 10.7. The van der Waals surface area contributed by atoms with Crippen molar-refractivity contribution < 1.29 is 24.5 Å². The molecule has 0 aromatic heterocycles. The van der Waals surface area contributed by atoms with Crippen LogP contribution in [0.15, 0.2) is 60.7 Å². The third kappa shape index (κ3) is 6.02. The molecule has 1 aliphatic heterocycles. The number of ether oxygens (including phenoxy) is 1. The lowest BCUT2D eigenvalue weighted by Crippen LogP contribution is -2.33. The molecule has 2 aliphatic rings. The van der Waals surface area contributed by atoms with E-state index >= 15 is 0 Å². The minimum Gasteiger partial charge on any atom is -0.478 e. The molecule has 2 aromatic rings. The average molecular weight is 409 g/mol. The Hall–Kier alpha value is -2.96. The smallest absolute Gasteiger partial charge is 0.328 e. The van der Waals surface area contributed by atoms with Gasteiger partial charge in [-0.1, -0.05) is 48.5 Å². The van der Waals surface area contributed by atoms with E-state index < -0.39 is 11.9 Å². The van der Waals surface area contributed by atoms with Gasteiger partial charge in [-0.15, -0.1) is 0 Å². The molecular weight excluding hydrogens is 382 g/mol. The van der Waals surface area contributed by atoms with E-state index in [0.717, 1.165) is 38.8 Å². The van der Waals surface area contributed by atoms with E-state index in [1.807, 2.05) is 0 Å². The fourth-order valence-electron chi connectivity index (χ4n) is 3.89. The van der Waals surface area contributed by atoms with Crippen molar-refractivity contribution in [1.29, 1.82) is 0 Å². The SMILES string of the molecule is O=C(O)/C=C\C(=O)O.c1ccc2c(c1)CCc1ccccc1C2OC1CCNCC1. The molecule has 1 aliphatic carbocycles. The molecule has 0 amide bonds. The molecule has 3 N–H and O–H groups in total. The molecule has 0 saturated carbocycles. The Balaban J connectivity index is 0.000000275. The molecular formula is C24H27NO5. The number of piperidine rings is 1. The summed E-state index contributed by atoms with van der Waals surface area (Å²) in [4.78, 5) is 19.1. The van der Waals surface area contributed by atoms with Crippen LogP contribution in [0.2, 0.25) is 0 Å². The maximum atomic E-state index is 9.55. The first-order valence-corrected chi connectivity index (χ1v) is 10.2. The van der Waals surface area contributed by atoms with Crippen molar-refractivity contribution in [1.82, 2.24) is 5.32 Å². The van der Waals surface area contributed by atoms with Crippen LogP contribution < -0.4 is 5.32 Å². The molecule has 0 atom stereocenters. The largest absolute Gasteiger partial charge is 0.478 e. The molecule has 2 aromatic carbocycles. The number of carboxylic acids is 2. The Labute approximate surface area is 176 Å². The fraction of sp³-hybridized carbons (Fsp3) is 0.333. The van der Waals surface area contributed by atoms with Crippen LogP contribution in [0.25, 0.3) is 0 Å². The molecule has 6 heteroatoms. The molecule has 30 heavy (non-hydrogen) atoms. The van der Waals surface area contributed by atoms with Gasteiger partial charge in [-0.2, -0.15) is 0 Å². The fourth-order valence-corrected chi connectivity index (χ4v) is 3.89. The van der Waals surface area contributed by atoms with Crippen molar-refractivity contribution in [3.05, 3.63) is 82.9 Å². The number of rotatable bonds is 4. The third-order valence-corrected chi connectivity index (χ3v) is 5.32. The number of hydrogen-bond acceptors (Lipinski definition) is 4. The van der Waals surface area contributed by atoms with Crippen LogP contribution >= 0.6 is 0 Å². The Bertz CT molecular complexity index is 838. The lowest BCUT2D eigenvalue weighted by atomic mass is 9.96. The van der Waals surface area contributed by atoms with Crippen molar-refractivity contribution in [2.75, 3.05) is 13.1 Å². The topological polar surface area (TPSA) is 95.9 Å². The van der Waals surface area contributed by atoms with Gasteiger partial charge in [-0.25, -0.2) is 9.59 Å². The van der Waals surface area contributed by atoms with Gasteiger partial charge in [0, 0.05) is 12.2 Å². The van der Waals surface area contributed by atoms with E-state index in [-0.39, 0.29) is 6.10 Å². The highest BCUT2D eigenvalue weighted by atomic mass is 16.5. The van der Waals surface area contributed by atoms with Crippen LogP contribution in [-0.2, 0) is 27.2 Å². The minimum absolute atomic E-state index is 0.0954. The first-order chi connectivity index (χ1) is 14.5. The summed E-state index contributed by atoms with van der Waals surface area (Å²) in [5, 5.41) is 19.0. The monoisotopic (exact) mass is 409 g/mol. The minimum atomic E-state index is -1.26. The van der Waals surface area contributed by atoms with E-state index in [0.29, 0.717) is 18.3 Å². The van der Waals surface area contributed by atoms with Crippen LogP contribution in [-0.4, -0.2) is 41.3 Å². The molecule has 1 fully saturated rings. The first-order valence-electron chi connectivity index (χ1n) is 10.2. The van der Waals surface area contributed by atoms with Crippen LogP contribution in [0.4, 0.5) is 0 Å². The van der Waals surface area contributed by atoms with Crippen LogP contribution in [0.1, 0.15) is 41.2 Å². The van der Waals surface area contributed by atoms with Gasteiger partial charge >= 0.3 is 11.9 Å². The highest BCUT2D eigenvalue weighted by Crippen LogP contribution is 2.36. The molecule has 1 heterocycles. The number of carbonyl (C=O) groups is 2. The zero-order valence-electron chi connectivity index (χ0n) is 16.8. The summed E-state index contributed by atoms with van der Waals surface area (Å²) < 4.78 is 6.63. The predicted octanol–water partition coefficient (Wildman–Crippen LogP) is 3.36. The lowest BCUT2D eigenvalue weighted by Gasteiger charge is -2.29. The number of carboxylic acid groups (broad SMARTS) is 2. The first kappa shape index (κ1) is 21.7. The quantitative estimate of drug-likeness (QED) is 0.670. The average Bonchev–Trinajstić information content (AvgIpc) is 2.91. The van der Waals surface area contributed by atoms with Crippen LogP contribution in [0, 0.1) is 0 Å². The molecule has 0 unspecified atom stereocenters. The number of aryl methyl sites for hydroxylation is 2. The number of aliphatic carboxylic acids is 2. The van der Waals surface area contributed by atoms with Crippen molar-refractivity contribution in [2.45, 2.75) is 37.9 Å². The summed E-state index contributed by atoms with van der Waals surface area (Å²) in [6, 6.07) is 17.6. The summed E-state index contributed by atoms with van der Waals surface area (Å²) in [5.41, 5.74) is 5.62. The molecule has 0 bridgehead atoms. The highest BCUT2D eigenvalue weighted by molar-refractivity contribution is 5.89. The zero-order valence-corrected chi connectivity index (χ0v) is 16.8. The van der Waals surface area contributed by atoms with Gasteiger partial charge in [0.1, 0.15) is 6.10 Å².